The highest BCUT2D eigenvalue weighted by atomic mass is 16.5. The molecule has 0 bridgehead atoms. The lowest BCUT2D eigenvalue weighted by Crippen LogP contribution is -2.34. The van der Waals surface area contributed by atoms with Crippen LogP contribution in [-0.2, 0) is 10.2 Å². The quantitative estimate of drug-likeness (QED) is 0.903. The molecule has 0 heterocycles. The van der Waals surface area contributed by atoms with Crippen LogP contribution in [0.4, 0.5) is 0 Å². The van der Waals surface area contributed by atoms with Crippen molar-refractivity contribution < 1.29 is 14.6 Å². The Morgan fingerprint density at radius 1 is 1.30 bits per heavy atom. The Morgan fingerprint density at radius 2 is 1.90 bits per heavy atom. The second-order valence-corrected chi connectivity index (χ2v) is 6.13. The van der Waals surface area contributed by atoms with E-state index in [-0.39, 0.29) is 0 Å². The number of carbonyl (C=O) groups is 1. The minimum Gasteiger partial charge on any atom is -0.496 e. The molecule has 1 aromatic rings. The molecular weight excluding hydrogens is 252 g/mol. The van der Waals surface area contributed by atoms with Crippen LogP contribution in [0.2, 0.25) is 0 Å². The maximum absolute atomic E-state index is 12.0. The van der Waals surface area contributed by atoms with Crippen LogP contribution in [0.25, 0.3) is 0 Å². The first-order chi connectivity index (χ1) is 9.44. The Kier molecular flexibility index (Phi) is 4.07. The highest BCUT2D eigenvalue weighted by Crippen LogP contribution is 2.48. The van der Waals surface area contributed by atoms with Crippen molar-refractivity contribution in [3.63, 3.8) is 0 Å². The molecule has 0 amide bonds. The van der Waals surface area contributed by atoms with Crippen LogP contribution in [-0.4, -0.2) is 18.2 Å². The predicted molar refractivity (Wildman–Crippen MR) is 79.6 cm³/mol. The zero-order chi connectivity index (χ0) is 14.9. The largest absolute Gasteiger partial charge is 0.496 e. The Balaban J connectivity index is 2.71. The maximum Gasteiger partial charge on any atom is 0.314 e. The molecule has 0 aliphatic heterocycles. The fourth-order valence-corrected chi connectivity index (χ4v) is 3.52. The van der Waals surface area contributed by atoms with E-state index in [0.29, 0.717) is 18.8 Å². The van der Waals surface area contributed by atoms with E-state index < -0.39 is 11.4 Å². The molecule has 0 atom stereocenters. The minimum absolute atomic E-state index is 0.316. The van der Waals surface area contributed by atoms with Crippen LogP contribution in [0.1, 0.15) is 62.1 Å². The van der Waals surface area contributed by atoms with Crippen LogP contribution in [0.5, 0.6) is 5.75 Å². The molecule has 2 rings (SSSR count). The molecule has 20 heavy (non-hydrogen) atoms. The number of aliphatic carboxylic acids is 1. The number of methoxy groups -OCH3 is 1. The van der Waals surface area contributed by atoms with Gasteiger partial charge in [-0.05, 0) is 36.8 Å². The first-order valence-corrected chi connectivity index (χ1v) is 7.35. The number of ether oxygens (including phenoxy) is 1. The Hall–Kier alpha value is -1.51. The van der Waals surface area contributed by atoms with E-state index in [4.69, 9.17) is 4.74 Å². The standard InChI is InChI=1S/C17H24O3/c1-11(2)13-8-7-12(3)14(15(13)20-4)17(16(18)19)9-5-6-10-17/h7-8,11H,5-6,9-10H2,1-4H3,(H,18,19). The normalized spacial score (nSPS) is 17.4. The molecule has 0 radical (unpaired) electrons. The molecule has 1 N–H and O–H groups in total. The third kappa shape index (κ3) is 2.19. The predicted octanol–water partition coefficient (Wildman–Crippen LogP) is 4.02. The summed E-state index contributed by atoms with van der Waals surface area (Å²) in [5.41, 5.74) is 2.26. The molecule has 0 spiro atoms. The maximum atomic E-state index is 12.0. The van der Waals surface area contributed by atoms with Gasteiger partial charge in [0.2, 0.25) is 0 Å². The third-order valence-electron chi connectivity index (χ3n) is 4.57. The summed E-state index contributed by atoms with van der Waals surface area (Å²) >= 11 is 0. The summed E-state index contributed by atoms with van der Waals surface area (Å²) in [6.07, 6.45) is 3.36. The van der Waals surface area contributed by atoms with Crippen molar-refractivity contribution in [1.82, 2.24) is 0 Å². The van der Waals surface area contributed by atoms with Gasteiger partial charge in [-0.15, -0.1) is 0 Å². The fraction of sp³-hybridized carbons (Fsp3) is 0.588. The zero-order valence-electron chi connectivity index (χ0n) is 12.8. The van der Waals surface area contributed by atoms with Gasteiger partial charge >= 0.3 is 5.97 Å². The molecule has 1 aliphatic rings. The van der Waals surface area contributed by atoms with Crippen molar-refractivity contribution in [1.29, 1.82) is 0 Å². The van der Waals surface area contributed by atoms with Crippen molar-refractivity contribution in [3.05, 3.63) is 28.8 Å². The Bertz CT molecular complexity index is 511. The summed E-state index contributed by atoms with van der Waals surface area (Å²) in [4.78, 5) is 12.0. The smallest absolute Gasteiger partial charge is 0.314 e. The van der Waals surface area contributed by atoms with Crippen molar-refractivity contribution >= 4 is 5.97 Å². The molecule has 1 aromatic carbocycles. The molecule has 0 aromatic heterocycles. The van der Waals surface area contributed by atoms with E-state index in [9.17, 15) is 9.90 Å². The van der Waals surface area contributed by atoms with Gasteiger partial charge in [0.1, 0.15) is 5.75 Å². The van der Waals surface area contributed by atoms with Crippen LogP contribution in [0, 0.1) is 6.92 Å². The SMILES string of the molecule is COc1c(C(C)C)ccc(C)c1C1(C(=O)O)CCCC1. The van der Waals surface area contributed by atoms with Gasteiger partial charge in [-0.2, -0.15) is 0 Å². The molecule has 3 heteroatoms. The monoisotopic (exact) mass is 276 g/mol. The van der Waals surface area contributed by atoms with Gasteiger partial charge in [0.05, 0.1) is 12.5 Å². The molecule has 1 fully saturated rings. The topological polar surface area (TPSA) is 46.5 Å². The lowest BCUT2D eigenvalue weighted by Gasteiger charge is -2.30. The fourth-order valence-electron chi connectivity index (χ4n) is 3.52. The second kappa shape index (κ2) is 5.47. The van der Waals surface area contributed by atoms with E-state index in [1.54, 1.807) is 7.11 Å². The van der Waals surface area contributed by atoms with Crippen LogP contribution in [0.15, 0.2) is 12.1 Å². The molecule has 0 unspecified atom stereocenters. The first kappa shape index (κ1) is 14.9. The molecule has 1 saturated carbocycles. The number of benzene rings is 1. The summed E-state index contributed by atoms with van der Waals surface area (Å²) < 4.78 is 5.64. The van der Waals surface area contributed by atoms with Crippen LogP contribution in [0.3, 0.4) is 0 Å². The Morgan fingerprint density at radius 3 is 2.35 bits per heavy atom. The number of hydrogen-bond donors (Lipinski definition) is 1. The summed E-state index contributed by atoms with van der Waals surface area (Å²) in [6, 6.07) is 4.10. The van der Waals surface area contributed by atoms with Gasteiger partial charge < -0.3 is 9.84 Å². The molecule has 1 aliphatic carbocycles. The number of carboxylic acid groups (broad SMARTS) is 1. The molecular formula is C17H24O3. The number of carboxylic acids is 1. The average molecular weight is 276 g/mol. The van der Waals surface area contributed by atoms with Crippen molar-refractivity contribution in [2.24, 2.45) is 0 Å². The van der Waals surface area contributed by atoms with E-state index in [1.807, 2.05) is 13.0 Å². The highest BCUT2D eigenvalue weighted by Gasteiger charge is 2.46. The first-order valence-electron chi connectivity index (χ1n) is 7.35. The van der Waals surface area contributed by atoms with Gasteiger partial charge in [-0.3, -0.25) is 4.79 Å². The van der Waals surface area contributed by atoms with Gasteiger partial charge in [-0.25, -0.2) is 0 Å². The minimum atomic E-state index is -0.764. The highest BCUT2D eigenvalue weighted by molar-refractivity contribution is 5.84. The third-order valence-corrected chi connectivity index (χ3v) is 4.57. The average Bonchev–Trinajstić information content (AvgIpc) is 2.88. The Labute approximate surface area is 121 Å². The lowest BCUT2D eigenvalue weighted by molar-refractivity contribution is -0.143. The van der Waals surface area contributed by atoms with Gasteiger partial charge in [0.25, 0.3) is 0 Å². The molecule has 3 nitrogen and oxygen atoms in total. The second-order valence-electron chi connectivity index (χ2n) is 6.13. The van der Waals surface area contributed by atoms with Crippen molar-refractivity contribution in [2.75, 3.05) is 7.11 Å². The molecule has 110 valence electrons. The number of rotatable bonds is 4. The van der Waals surface area contributed by atoms with E-state index in [0.717, 1.165) is 35.3 Å². The number of hydrogen-bond acceptors (Lipinski definition) is 2. The van der Waals surface area contributed by atoms with E-state index in [2.05, 4.69) is 19.9 Å². The lowest BCUT2D eigenvalue weighted by atomic mass is 9.75. The summed E-state index contributed by atoms with van der Waals surface area (Å²) in [5.74, 6) is 0.387. The van der Waals surface area contributed by atoms with E-state index in [1.165, 1.54) is 0 Å². The van der Waals surface area contributed by atoms with Crippen molar-refractivity contribution in [3.8, 4) is 5.75 Å². The number of aryl methyl sites for hydroxylation is 1. The van der Waals surface area contributed by atoms with Crippen LogP contribution < -0.4 is 4.74 Å². The van der Waals surface area contributed by atoms with Crippen LogP contribution >= 0.6 is 0 Å². The van der Waals surface area contributed by atoms with E-state index >= 15 is 0 Å². The van der Waals surface area contributed by atoms with Gasteiger partial charge in [0, 0.05) is 5.56 Å². The summed E-state index contributed by atoms with van der Waals surface area (Å²) in [6.45, 7) is 6.21. The van der Waals surface area contributed by atoms with Gasteiger partial charge in [0.15, 0.2) is 0 Å². The zero-order valence-corrected chi connectivity index (χ0v) is 12.8. The molecule has 0 saturated heterocycles. The van der Waals surface area contributed by atoms with Gasteiger partial charge in [-0.1, -0.05) is 38.8 Å². The van der Waals surface area contributed by atoms with Crippen molar-refractivity contribution in [2.45, 2.75) is 57.8 Å². The summed E-state index contributed by atoms with van der Waals surface area (Å²) in [5, 5.41) is 9.84. The summed E-state index contributed by atoms with van der Waals surface area (Å²) in [7, 11) is 1.65.